The Kier molecular flexibility index (Phi) is 6.21. The molecule has 0 unspecified atom stereocenters. The summed E-state index contributed by atoms with van der Waals surface area (Å²) >= 11 is 0. The van der Waals surface area contributed by atoms with Gasteiger partial charge in [0.2, 0.25) is 5.88 Å². The average molecular weight is 253 g/mol. The maximum absolute atomic E-state index is 5.94. The lowest BCUT2D eigenvalue weighted by molar-refractivity contribution is 0.306. The molecule has 3 N–H and O–H groups in total. The summed E-state index contributed by atoms with van der Waals surface area (Å²) < 4.78 is 5.45. The summed E-state index contributed by atoms with van der Waals surface area (Å²) in [6.07, 6.45) is 3.42. The van der Waals surface area contributed by atoms with Crippen LogP contribution in [0.3, 0.4) is 0 Å². The molecule has 0 radical (unpaired) electrons. The maximum Gasteiger partial charge on any atom is 0.242 e. The van der Waals surface area contributed by atoms with E-state index in [2.05, 4.69) is 34.3 Å². The standard InChI is InChI=1S/C12H23N5O/c1-4-8-18-12-10(13)11(15-9-16-12)14-6-5-7-17(2)3/h9H,4-8,13H2,1-3H3,(H,14,15,16). The minimum Gasteiger partial charge on any atom is -0.476 e. The highest BCUT2D eigenvalue weighted by Gasteiger charge is 2.08. The van der Waals surface area contributed by atoms with Crippen LogP contribution in [-0.4, -0.2) is 48.7 Å². The van der Waals surface area contributed by atoms with Gasteiger partial charge in [-0.15, -0.1) is 0 Å². The van der Waals surface area contributed by atoms with Gasteiger partial charge in [-0.1, -0.05) is 6.92 Å². The summed E-state index contributed by atoms with van der Waals surface area (Å²) in [7, 11) is 4.10. The van der Waals surface area contributed by atoms with Crippen LogP contribution in [-0.2, 0) is 0 Å². The van der Waals surface area contributed by atoms with Crippen molar-refractivity contribution < 1.29 is 4.74 Å². The fourth-order valence-electron chi connectivity index (χ4n) is 1.44. The van der Waals surface area contributed by atoms with Crippen LogP contribution in [0.25, 0.3) is 0 Å². The Balaban J connectivity index is 2.49. The predicted octanol–water partition coefficient (Wildman–Crippen LogP) is 1.21. The molecule has 18 heavy (non-hydrogen) atoms. The van der Waals surface area contributed by atoms with Crippen molar-refractivity contribution in [1.82, 2.24) is 14.9 Å². The number of nitrogens with two attached hydrogens (primary N) is 1. The maximum atomic E-state index is 5.94. The Morgan fingerprint density at radius 3 is 2.83 bits per heavy atom. The lowest BCUT2D eigenvalue weighted by Gasteiger charge is -2.12. The van der Waals surface area contributed by atoms with E-state index < -0.39 is 0 Å². The number of nitrogen functional groups attached to an aromatic ring is 1. The van der Waals surface area contributed by atoms with Crippen molar-refractivity contribution in [3.63, 3.8) is 0 Å². The van der Waals surface area contributed by atoms with Crippen molar-refractivity contribution in [1.29, 1.82) is 0 Å². The van der Waals surface area contributed by atoms with Crippen LogP contribution in [0.2, 0.25) is 0 Å². The second kappa shape index (κ2) is 7.71. The second-order valence-electron chi connectivity index (χ2n) is 4.37. The molecule has 1 rings (SSSR count). The van der Waals surface area contributed by atoms with E-state index in [0.717, 1.165) is 25.9 Å². The molecule has 0 aliphatic carbocycles. The van der Waals surface area contributed by atoms with Crippen LogP contribution in [0.1, 0.15) is 19.8 Å². The van der Waals surface area contributed by atoms with Gasteiger partial charge in [-0.3, -0.25) is 0 Å². The predicted molar refractivity (Wildman–Crippen MR) is 73.9 cm³/mol. The smallest absolute Gasteiger partial charge is 0.242 e. The van der Waals surface area contributed by atoms with Crippen molar-refractivity contribution in [3.05, 3.63) is 6.33 Å². The summed E-state index contributed by atoms with van der Waals surface area (Å²) in [5.74, 6) is 1.11. The van der Waals surface area contributed by atoms with Crippen molar-refractivity contribution in [2.45, 2.75) is 19.8 Å². The Labute approximate surface area is 109 Å². The van der Waals surface area contributed by atoms with Gasteiger partial charge in [0.1, 0.15) is 12.0 Å². The van der Waals surface area contributed by atoms with Crippen molar-refractivity contribution in [3.8, 4) is 5.88 Å². The van der Waals surface area contributed by atoms with Gasteiger partial charge >= 0.3 is 0 Å². The lowest BCUT2D eigenvalue weighted by atomic mass is 10.4. The SMILES string of the molecule is CCCOc1ncnc(NCCCN(C)C)c1N. The monoisotopic (exact) mass is 253 g/mol. The van der Waals surface area contributed by atoms with E-state index in [1.165, 1.54) is 6.33 Å². The van der Waals surface area contributed by atoms with E-state index in [1.54, 1.807) is 0 Å². The number of rotatable bonds is 8. The van der Waals surface area contributed by atoms with E-state index in [0.29, 0.717) is 24.0 Å². The molecule has 6 nitrogen and oxygen atoms in total. The van der Waals surface area contributed by atoms with Crippen LogP contribution in [0.4, 0.5) is 11.5 Å². The van der Waals surface area contributed by atoms with Crippen LogP contribution in [0.5, 0.6) is 5.88 Å². The summed E-state index contributed by atoms with van der Waals surface area (Å²) in [5, 5.41) is 3.20. The normalized spacial score (nSPS) is 10.7. The van der Waals surface area contributed by atoms with E-state index >= 15 is 0 Å². The van der Waals surface area contributed by atoms with Gasteiger partial charge in [-0.2, -0.15) is 4.98 Å². The molecule has 0 aliphatic heterocycles. The number of hydrogen-bond donors (Lipinski definition) is 2. The van der Waals surface area contributed by atoms with Gasteiger partial charge < -0.3 is 20.7 Å². The molecular formula is C12H23N5O. The number of anilines is 2. The Bertz CT molecular complexity index is 356. The van der Waals surface area contributed by atoms with Crippen LogP contribution < -0.4 is 15.8 Å². The van der Waals surface area contributed by atoms with Crippen LogP contribution >= 0.6 is 0 Å². The molecule has 0 saturated heterocycles. The minimum atomic E-state index is 0.460. The molecular weight excluding hydrogens is 230 g/mol. The molecule has 0 saturated carbocycles. The first-order valence-corrected chi connectivity index (χ1v) is 6.27. The van der Waals surface area contributed by atoms with Gasteiger partial charge in [0.25, 0.3) is 0 Å². The highest BCUT2D eigenvalue weighted by Crippen LogP contribution is 2.24. The van der Waals surface area contributed by atoms with Gasteiger partial charge in [-0.25, -0.2) is 4.98 Å². The highest BCUT2D eigenvalue weighted by molar-refractivity contribution is 5.66. The zero-order valence-corrected chi connectivity index (χ0v) is 11.4. The Hall–Kier alpha value is -1.56. The van der Waals surface area contributed by atoms with Gasteiger partial charge in [0.05, 0.1) is 6.61 Å². The molecule has 6 heteroatoms. The minimum absolute atomic E-state index is 0.460. The van der Waals surface area contributed by atoms with E-state index in [1.807, 2.05) is 6.92 Å². The van der Waals surface area contributed by atoms with Gasteiger partial charge in [-0.05, 0) is 33.5 Å². The Morgan fingerprint density at radius 1 is 1.39 bits per heavy atom. The number of ether oxygens (including phenoxy) is 1. The molecule has 102 valence electrons. The molecule has 0 aliphatic rings. The zero-order chi connectivity index (χ0) is 13.4. The van der Waals surface area contributed by atoms with E-state index in [9.17, 15) is 0 Å². The largest absolute Gasteiger partial charge is 0.476 e. The second-order valence-corrected chi connectivity index (χ2v) is 4.37. The molecule has 1 heterocycles. The van der Waals surface area contributed by atoms with Gasteiger partial charge in [0, 0.05) is 6.54 Å². The molecule has 0 atom stereocenters. The van der Waals surface area contributed by atoms with Crippen LogP contribution in [0, 0.1) is 0 Å². The van der Waals surface area contributed by atoms with Gasteiger partial charge in [0.15, 0.2) is 5.82 Å². The fraction of sp³-hybridized carbons (Fsp3) is 0.667. The zero-order valence-electron chi connectivity index (χ0n) is 11.4. The highest BCUT2D eigenvalue weighted by atomic mass is 16.5. The number of hydrogen-bond acceptors (Lipinski definition) is 6. The summed E-state index contributed by atoms with van der Waals surface area (Å²) in [6, 6.07) is 0. The van der Waals surface area contributed by atoms with Crippen LogP contribution in [0.15, 0.2) is 6.33 Å². The fourth-order valence-corrected chi connectivity index (χ4v) is 1.44. The quantitative estimate of drug-likeness (QED) is 0.678. The molecule has 1 aromatic rings. The van der Waals surface area contributed by atoms with Crippen molar-refractivity contribution in [2.75, 3.05) is 44.8 Å². The number of nitrogens with zero attached hydrogens (tertiary/aromatic N) is 3. The first-order valence-electron chi connectivity index (χ1n) is 6.27. The third-order valence-corrected chi connectivity index (χ3v) is 2.36. The summed E-state index contributed by atoms with van der Waals surface area (Å²) in [6.45, 7) is 4.50. The lowest BCUT2D eigenvalue weighted by Crippen LogP contribution is -2.17. The van der Waals surface area contributed by atoms with Crippen molar-refractivity contribution in [2.24, 2.45) is 0 Å². The topological polar surface area (TPSA) is 76.3 Å². The molecule has 0 spiro atoms. The van der Waals surface area contributed by atoms with Crippen molar-refractivity contribution >= 4 is 11.5 Å². The number of nitrogens with one attached hydrogen (secondary N) is 1. The average Bonchev–Trinajstić information content (AvgIpc) is 2.34. The Morgan fingerprint density at radius 2 is 2.17 bits per heavy atom. The number of aromatic nitrogens is 2. The molecule has 0 bridgehead atoms. The molecule has 0 aromatic carbocycles. The molecule has 0 fully saturated rings. The third-order valence-electron chi connectivity index (χ3n) is 2.36. The third kappa shape index (κ3) is 4.75. The van der Waals surface area contributed by atoms with E-state index in [-0.39, 0.29) is 0 Å². The molecule has 1 aromatic heterocycles. The summed E-state index contributed by atoms with van der Waals surface area (Å²) in [4.78, 5) is 10.3. The summed E-state index contributed by atoms with van der Waals surface area (Å²) in [5.41, 5.74) is 6.43. The van der Waals surface area contributed by atoms with E-state index in [4.69, 9.17) is 10.5 Å². The first-order chi connectivity index (χ1) is 8.65. The first kappa shape index (κ1) is 14.5. The molecule has 0 amide bonds.